The lowest BCUT2D eigenvalue weighted by molar-refractivity contribution is 0.166. The predicted octanol–water partition coefficient (Wildman–Crippen LogP) is 2.20. The van der Waals surface area contributed by atoms with E-state index in [0.29, 0.717) is 6.04 Å². The van der Waals surface area contributed by atoms with E-state index in [-0.39, 0.29) is 24.0 Å². The number of anilines is 1. The molecule has 1 unspecified atom stereocenters. The molecular formula is C23H36IN7O. The number of benzene rings is 1. The number of halogens is 1. The lowest BCUT2D eigenvalue weighted by Crippen LogP contribution is -2.55. The van der Waals surface area contributed by atoms with Crippen LogP contribution in [0, 0.1) is 0 Å². The molecule has 2 aliphatic heterocycles. The van der Waals surface area contributed by atoms with Crippen LogP contribution in [0.5, 0.6) is 0 Å². The second-order valence-corrected chi connectivity index (χ2v) is 8.39. The third-order valence-corrected chi connectivity index (χ3v) is 6.38. The SMILES string of the molecule is CN=C(NCC(C)N1CCN(c2ccccc2)CC1)N1CCN(Cc2ccon2)CC1.I. The van der Waals surface area contributed by atoms with Gasteiger partial charge in [-0.2, -0.15) is 0 Å². The van der Waals surface area contributed by atoms with Gasteiger partial charge in [0.1, 0.15) is 6.26 Å². The van der Waals surface area contributed by atoms with Crippen molar-refractivity contribution in [3.05, 3.63) is 48.4 Å². The Labute approximate surface area is 208 Å². The molecule has 1 aromatic heterocycles. The summed E-state index contributed by atoms with van der Waals surface area (Å²) in [7, 11) is 1.88. The molecule has 0 bridgehead atoms. The van der Waals surface area contributed by atoms with Crippen molar-refractivity contribution >= 4 is 35.6 Å². The molecule has 2 saturated heterocycles. The number of rotatable bonds is 6. The largest absolute Gasteiger partial charge is 0.369 e. The smallest absolute Gasteiger partial charge is 0.193 e. The number of nitrogens with zero attached hydrogens (tertiary/aromatic N) is 6. The van der Waals surface area contributed by atoms with Gasteiger partial charge in [-0.1, -0.05) is 23.4 Å². The van der Waals surface area contributed by atoms with E-state index in [4.69, 9.17) is 4.52 Å². The summed E-state index contributed by atoms with van der Waals surface area (Å²) in [6, 6.07) is 13.1. The van der Waals surface area contributed by atoms with Crippen molar-refractivity contribution in [3.8, 4) is 0 Å². The summed E-state index contributed by atoms with van der Waals surface area (Å²) < 4.78 is 4.94. The third kappa shape index (κ3) is 6.58. The Balaban J connectivity index is 0.00000289. The average Bonchev–Trinajstić information content (AvgIpc) is 3.34. The summed E-state index contributed by atoms with van der Waals surface area (Å²) in [5.74, 6) is 1.01. The van der Waals surface area contributed by atoms with Crippen molar-refractivity contribution in [1.82, 2.24) is 25.2 Å². The number of aliphatic imine (C=N–C) groups is 1. The number of guanidine groups is 1. The number of hydrogen-bond acceptors (Lipinski definition) is 6. The molecule has 4 rings (SSSR count). The normalized spacial score (nSPS) is 19.5. The molecule has 0 saturated carbocycles. The lowest BCUT2D eigenvalue weighted by Gasteiger charge is -2.40. The van der Waals surface area contributed by atoms with E-state index in [1.165, 1.54) is 5.69 Å². The fraction of sp³-hybridized carbons (Fsp3) is 0.565. The summed E-state index contributed by atoms with van der Waals surface area (Å²) in [4.78, 5) is 14.4. The second kappa shape index (κ2) is 12.4. The highest BCUT2D eigenvalue weighted by Gasteiger charge is 2.23. The summed E-state index contributed by atoms with van der Waals surface area (Å²) in [5, 5.41) is 7.64. The van der Waals surface area contributed by atoms with Crippen LogP contribution in [0.25, 0.3) is 0 Å². The first-order chi connectivity index (χ1) is 15.2. The Hall–Kier alpha value is -1.85. The first-order valence-electron chi connectivity index (χ1n) is 11.3. The fourth-order valence-corrected chi connectivity index (χ4v) is 4.43. The minimum Gasteiger partial charge on any atom is -0.369 e. The standard InChI is InChI=1S/C23H35N7O.HI/c1-20(28-13-15-29(16-14-28)22-6-4-3-5-7-22)18-25-23(24-2)30-11-9-27(10-12-30)19-21-8-17-31-26-21;/h3-8,17,20H,9-16,18-19H2,1-2H3,(H,24,25);1H. The summed E-state index contributed by atoms with van der Waals surface area (Å²) >= 11 is 0. The molecule has 0 aliphatic carbocycles. The zero-order chi connectivity index (χ0) is 21.5. The Bertz CT molecular complexity index is 801. The monoisotopic (exact) mass is 553 g/mol. The molecule has 1 N–H and O–H groups in total. The highest BCUT2D eigenvalue weighted by molar-refractivity contribution is 14.0. The minimum absolute atomic E-state index is 0. The minimum atomic E-state index is 0. The van der Waals surface area contributed by atoms with E-state index >= 15 is 0 Å². The molecule has 1 atom stereocenters. The van der Waals surface area contributed by atoms with Crippen LogP contribution in [0.1, 0.15) is 12.6 Å². The van der Waals surface area contributed by atoms with Gasteiger partial charge in [0.25, 0.3) is 0 Å². The van der Waals surface area contributed by atoms with Gasteiger partial charge in [-0.15, -0.1) is 24.0 Å². The van der Waals surface area contributed by atoms with E-state index in [9.17, 15) is 0 Å². The molecule has 0 radical (unpaired) electrons. The van der Waals surface area contributed by atoms with Gasteiger partial charge in [-0.25, -0.2) is 0 Å². The first-order valence-corrected chi connectivity index (χ1v) is 11.3. The van der Waals surface area contributed by atoms with Crippen molar-refractivity contribution in [2.24, 2.45) is 4.99 Å². The van der Waals surface area contributed by atoms with Crippen LogP contribution in [-0.2, 0) is 6.54 Å². The molecule has 2 fully saturated rings. The van der Waals surface area contributed by atoms with Crippen molar-refractivity contribution in [2.45, 2.75) is 19.5 Å². The van der Waals surface area contributed by atoms with Gasteiger partial charge in [0, 0.05) is 90.3 Å². The Kier molecular flexibility index (Phi) is 9.61. The van der Waals surface area contributed by atoms with Gasteiger partial charge < -0.3 is 19.6 Å². The number of para-hydroxylation sites is 1. The van der Waals surface area contributed by atoms with Gasteiger partial charge >= 0.3 is 0 Å². The molecule has 1 aromatic carbocycles. The molecule has 0 spiro atoms. The van der Waals surface area contributed by atoms with Gasteiger partial charge in [0.2, 0.25) is 0 Å². The van der Waals surface area contributed by atoms with E-state index in [0.717, 1.165) is 77.1 Å². The van der Waals surface area contributed by atoms with E-state index in [1.807, 2.05) is 13.1 Å². The first kappa shape index (κ1) is 24.8. The van der Waals surface area contributed by atoms with Crippen LogP contribution >= 0.6 is 24.0 Å². The van der Waals surface area contributed by atoms with E-state index in [2.05, 4.69) is 72.3 Å². The van der Waals surface area contributed by atoms with Crippen LogP contribution in [0.3, 0.4) is 0 Å². The predicted molar refractivity (Wildman–Crippen MR) is 140 cm³/mol. The molecule has 9 heteroatoms. The van der Waals surface area contributed by atoms with Crippen LogP contribution in [0.4, 0.5) is 5.69 Å². The maximum atomic E-state index is 4.94. The van der Waals surface area contributed by atoms with Crippen LogP contribution in [0.15, 0.2) is 52.2 Å². The Morgan fingerprint density at radius 1 is 1.03 bits per heavy atom. The second-order valence-electron chi connectivity index (χ2n) is 8.39. The summed E-state index contributed by atoms with van der Waals surface area (Å²) in [6.07, 6.45) is 1.64. The maximum absolute atomic E-state index is 4.94. The summed E-state index contributed by atoms with van der Waals surface area (Å²) in [5.41, 5.74) is 2.33. The van der Waals surface area contributed by atoms with Crippen molar-refractivity contribution in [1.29, 1.82) is 0 Å². The van der Waals surface area contributed by atoms with Crippen LogP contribution in [0.2, 0.25) is 0 Å². The van der Waals surface area contributed by atoms with Crippen LogP contribution in [-0.4, -0.2) is 97.8 Å². The van der Waals surface area contributed by atoms with Crippen molar-refractivity contribution < 1.29 is 4.52 Å². The zero-order valence-corrected chi connectivity index (χ0v) is 21.5. The molecule has 2 aliphatic rings. The van der Waals surface area contributed by atoms with Gasteiger partial charge in [-0.05, 0) is 19.1 Å². The molecule has 2 aromatic rings. The molecule has 32 heavy (non-hydrogen) atoms. The third-order valence-electron chi connectivity index (χ3n) is 6.38. The molecule has 176 valence electrons. The highest BCUT2D eigenvalue weighted by atomic mass is 127. The van der Waals surface area contributed by atoms with Crippen LogP contribution < -0.4 is 10.2 Å². The van der Waals surface area contributed by atoms with E-state index < -0.39 is 0 Å². The van der Waals surface area contributed by atoms with Gasteiger partial charge in [-0.3, -0.25) is 14.8 Å². The number of nitrogens with one attached hydrogen (secondary N) is 1. The number of hydrogen-bond donors (Lipinski definition) is 1. The molecule has 0 amide bonds. The number of piperazine rings is 2. The summed E-state index contributed by atoms with van der Waals surface area (Å²) in [6.45, 7) is 12.4. The maximum Gasteiger partial charge on any atom is 0.193 e. The molecule has 3 heterocycles. The fourth-order valence-electron chi connectivity index (χ4n) is 4.43. The Morgan fingerprint density at radius 2 is 1.75 bits per heavy atom. The topological polar surface area (TPSA) is 63.4 Å². The van der Waals surface area contributed by atoms with Gasteiger partial charge in [0.05, 0.1) is 5.69 Å². The Morgan fingerprint density at radius 3 is 2.38 bits per heavy atom. The highest BCUT2D eigenvalue weighted by Crippen LogP contribution is 2.16. The molecular weight excluding hydrogens is 517 g/mol. The number of aromatic nitrogens is 1. The average molecular weight is 553 g/mol. The van der Waals surface area contributed by atoms with E-state index in [1.54, 1.807) is 6.26 Å². The zero-order valence-electron chi connectivity index (χ0n) is 19.2. The van der Waals surface area contributed by atoms with Crippen molar-refractivity contribution in [2.75, 3.05) is 70.9 Å². The van der Waals surface area contributed by atoms with Crippen molar-refractivity contribution in [3.63, 3.8) is 0 Å². The lowest BCUT2D eigenvalue weighted by atomic mass is 10.2. The molecule has 8 nitrogen and oxygen atoms in total. The quantitative estimate of drug-likeness (QED) is 0.335. The van der Waals surface area contributed by atoms with Gasteiger partial charge in [0.15, 0.2) is 5.96 Å².